The molecule has 1 unspecified atom stereocenters. The SMILES string of the molecule is CCCNc1c(F)cccc1C(=O)NC(C)c1ncc[nH]1. The summed E-state index contributed by atoms with van der Waals surface area (Å²) in [6, 6.07) is 4.18. The van der Waals surface area contributed by atoms with Gasteiger partial charge in [0.15, 0.2) is 0 Å². The molecule has 1 aromatic heterocycles. The molecule has 1 atom stereocenters. The Morgan fingerprint density at radius 3 is 2.95 bits per heavy atom. The van der Waals surface area contributed by atoms with Gasteiger partial charge in [0.1, 0.15) is 11.6 Å². The summed E-state index contributed by atoms with van der Waals surface area (Å²) in [7, 11) is 0. The van der Waals surface area contributed by atoms with Crippen LogP contribution in [-0.2, 0) is 0 Å². The largest absolute Gasteiger partial charge is 0.382 e. The number of carbonyl (C=O) groups is 1. The van der Waals surface area contributed by atoms with Crippen molar-refractivity contribution in [3.05, 3.63) is 47.8 Å². The van der Waals surface area contributed by atoms with Gasteiger partial charge in [0.2, 0.25) is 0 Å². The number of aromatic amines is 1. The van der Waals surface area contributed by atoms with Gasteiger partial charge < -0.3 is 15.6 Å². The summed E-state index contributed by atoms with van der Waals surface area (Å²) in [5, 5.41) is 5.76. The Kier molecular flexibility index (Phi) is 4.92. The van der Waals surface area contributed by atoms with Gasteiger partial charge in [-0.3, -0.25) is 4.79 Å². The number of amides is 1. The number of aromatic nitrogens is 2. The zero-order valence-electron chi connectivity index (χ0n) is 12.1. The number of imidazole rings is 1. The van der Waals surface area contributed by atoms with E-state index >= 15 is 0 Å². The molecule has 112 valence electrons. The zero-order valence-corrected chi connectivity index (χ0v) is 12.1. The molecule has 3 N–H and O–H groups in total. The lowest BCUT2D eigenvalue weighted by atomic mass is 10.1. The van der Waals surface area contributed by atoms with Gasteiger partial charge in [-0.2, -0.15) is 0 Å². The van der Waals surface area contributed by atoms with Gasteiger partial charge in [0, 0.05) is 18.9 Å². The third-order valence-electron chi connectivity index (χ3n) is 3.09. The maximum absolute atomic E-state index is 13.9. The first-order valence-electron chi connectivity index (χ1n) is 6.96. The molecule has 0 radical (unpaired) electrons. The first kappa shape index (κ1) is 15.0. The third kappa shape index (κ3) is 3.59. The van der Waals surface area contributed by atoms with Gasteiger partial charge in [0.25, 0.3) is 5.91 Å². The van der Waals surface area contributed by atoms with Crippen LogP contribution in [0, 0.1) is 5.82 Å². The first-order chi connectivity index (χ1) is 10.1. The lowest BCUT2D eigenvalue weighted by Crippen LogP contribution is -2.28. The number of H-pyrrole nitrogens is 1. The normalized spacial score (nSPS) is 12.0. The molecule has 21 heavy (non-hydrogen) atoms. The topological polar surface area (TPSA) is 69.8 Å². The van der Waals surface area contributed by atoms with Crippen molar-refractivity contribution < 1.29 is 9.18 Å². The van der Waals surface area contributed by atoms with E-state index in [9.17, 15) is 9.18 Å². The van der Waals surface area contributed by atoms with E-state index in [2.05, 4.69) is 20.6 Å². The Morgan fingerprint density at radius 1 is 1.48 bits per heavy atom. The van der Waals surface area contributed by atoms with Crippen LogP contribution < -0.4 is 10.6 Å². The van der Waals surface area contributed by atoms with Crippen LogP contribution in [0.1, 0.15) is 42.5 Å². The van der Waals surface area contributed by atoms with Crippen LogP contribution in [0.15, 0.2) is 30.6 Å². The number of hydrogen-bond donors (Lipinski definition) is 3. The van der Waals surface area contributed by atoms with Gasteiger partial charge in [-0.05, 0) is 25.5 Å². The average Bonchev–Trinajstić information content (AvgIpc) is 3.00. The summed E-state index contributed by atoms with van der Waals surface area (Å²) in [5.41, 5.74) is 0.533. The standard InChI is InChI=1S/C15H19FN4O/c1-3-7-17-13-11(5-4-6-12(13)16)15(21)20-10(2)14-18-8-9-19-14/h4-6,8-10,17H,3,7H2,1-2H3,(H,18,19)(H,20,21). The molecule has 1 heterocycles. The highest BCUT2D eigenvalue weighted by atomic mass is 19.1. The second-order valence-corrected chi connectivity index (χ2v) is 4.76. The molecular formula is C15H19FN4O. The molecular weight excluding hydrogens is 271 g/mol. The fourth-order valence-corrected chi connectivity index (χ4v) is 2.00. The molecule has 0 aliphatic rings. The highest BCUT2D eigenvalue weighted by Crippen LogP contribution is 2.20. The minimum atomic E-state index is -0.429. The number of benzene rings is 1. The molecule has 2 aromatic rings. The van der Waals surface area contributed by atoms with Crippen molar-refractivity contribution in [2.24, 2.45) is 0 Å². The molecule has 0 spiro atoms. The first-order valence-corrected chi connectivity index (χ1v) is 6.96. The number of anilines is 1. The van der Waals surface area contributed by atoms with E-state index in [0.29, 0.717) is 17.9 Å². The van der Waals surface area contributed by atoms with Crippen LogP contribution in [-0.4, -0.2) is 22.4 Å². The van der Waals surface area contributed by atoms with Crippen molar-refractivity contribution in [2.75, 3.05) is 11.9 Å². The molecule has 0 saturated carbocycles. The Balaban J connectivity index is 2.17. The van der Waals surface area contributed by atoms with Crippen molar-refractivity contribution in [3.8, 4) is 0 Å². The maximum atomic E-state index is 13.9. The minimum absolute atomic E-state index is 0.239. The number of para-hydroxylation sites is 1. The Labute approximate surface area is 123 Å². The van der Waals surface area contributed by atoms with Crippen molar-refractivity contribution >= 4 is 11.6 Å². The number of rotatable bonds is 6. The summed E-state index contributed by atoms with van der Waals surface area (Å²) < 4.78 is 13.9. The van der Waals surface area contributed by atoms with Crippen LogP contribution in [0.4, 0.5) is 10.1 Å². The molecule has 0 fully saturated rings. The number of halogens is 1. The molecule has 0 aliphatic heterocycles. The second-order valence-electron chi connectivity index (χ2n) is 4.76. The monoisotopic (exact) mass is 290 g/mol. The summed E-state index contributed by atoms with van der Waals surface area (Å²) in [5.74, 6) is -0.110. The Bertz CT molecular complexity index is 598. The predicted octanol–water partition coefficient (Wildman–Crippen LogP) is 2.86. The second kappa shape index (κ2) is 6.88. The van der Waals surface area contributed by atoms with Gasteiger partial charge in [-0.1, -0.05) is 13.0 Å². The Hall–Kier alpha value is -2.37. The van der Waals surface area contributed by atoms with E-state index in [1.165, 1.54) is 12.1 Å². The molecule has 0 aliphatic carbocycles. The molecule has 6 heteroatoms. The van der Waals surface area contributed by atoms with Crippen molar-refractivity contribution in [2.45, 2.75) is 26.3 Å². The van der Waals surface area contributed by atoms with Crippen molar-refractivity contribution in [1.29, 1.82) is 0 Å². The molecule has 1 aromatic carbocycles. The van der Waals surface area contributed by atoms with Crippen molar-refractivity contribution in [3.63, 3.8) is 0 Å². The predicted molar refractivity (Wildman–Crippen MR) is 79.6 cm³/mol. The van der Waals surface area contributed by atoms with Gasteiger partial charge in [0.05, 0.1) is 17.3 Å². The summed E-state index contributed by atoms with van der Waals surface area (Å²) in [6.45, 7) is 4.40. The fourth-order valence-electron chi connectivity index (χ4n) is 2.00. The fraction of sp³-hybridized carbons (Fsp3) is 0.333. The highest BCUT2D eigenvalue weighted by Gasteiger charge is 2.18. The van der Waals surface area contributed by atoms with Crippen LogP contribution in [0.3, 0.4) is 0 Å². The number of carbonyl (C=O) groups excluding carboxylic acids is 1. The molecule has 2 rings (SSSR count). The van der Waals surface area contributed by atoms with E-state index < -0.39 is 5.82 Å². The Morgan fingerprint density at radius 2 is 2.29 bits per heavy atom. The molecule has 1 amide bonds. The smallest absolute Gasteiger partial charge is 0.254 e. The third-order valence-corrected chi connectivity index (χ3v) is 3.09. The molecule has 0 saturated heterocycles. The lowest BCUT2D eigenvalue weighted by molar-refractivity contribution is 0.0939. The highest BCUT2D eigenvalue weighted by molar-refractivity contribution is 5.99. The number of hydrogen-bond acceptors (Lipinski definition) is 3. The summed E-state index contributed by atoms with van der Waals surface area (Å²) >= 11 is 0. The van der Waals surface area contributed by atoms with E-state index in [-0.39, 0.29) is 17.6 Å². The van der Waals surface area contributed by atoms with Gasteiger partial charge >= 0.3 is 0 Å². The van der Waals surface area contributed by atoms with E-state index in [1.807, 2.05) is 13.8 Å². The van der Waals surface area contributed by atoms with Crippen LogP contribution >= 0.6 is 0 Å². The van der Waals surface area contributed by atoms with E-state index in [1.54, 1.807) is 18.5 Å². The van der Waals surface area contributed by atoms with Gasteiger partial charge in [-0.25, -0.2) is 9.37 Å². The van der Waals surface area contributed by atoms with Crippen LogP contribution in [0.25, 0.3) is 0 Å². The minimum Gasteiger partial charge on any atom is -0.382 e. The van der Waals surface area contributed by atoms with E-state index in [4.69, 9.17) is 0 Å². The van der Waals surface area contributed by atoms with E-state index in [0.717, 1.165) is 6.42 Å². The quantitative estimate of drug-likeness (QED) is 0.766. The number of nitrogens with one attached hydrogen (secondary N) is 3. The lowest BCUT2D eigenvalue weighted by Gasteiger charge is -2.15. The average molecular weight is 290 g/mol. The van der Waals surface area contributed by atoms with Crippen molar-refractivity contribution in [1.82, 2.24) is 15.3 Å². The zero-order chi connectivity index (χ0) is 15.2. The van der Waals surface area contributed by atoms with Crippen LogP contribution in [0.2, 0.25) is 0 Å². The van der Waals surface area contributed by atoms with Crippen LogP contribution in [0.5, 0.6) is 0 Å². The number of nitrogens with zero attached hydrogens (tertiary/aromatic N) is 1. The van der Waals surface area contributed by atoms with Gasteiger partial charge in [-0.15, -0.1) is 0 Å². The molecule has 5 nitrogen and oxygen atoms in total. The summed E-state index contributed by atoms with van der Waals surface area (Å²) in [4.78, 5) is 19.4. The maximum Gasteiger partial charge on any atom is 0.254 e. The molecule has 0 bridgehead atoms. The summed E-state index contributed by atoms with van der Waals surface area (Å²) in [6.07, 6.45) is 4.15.